The first-order valence-corrected chi connectivity index (χ1v) is 9.55. The highest BCUT2D eigenvalue weighted by Gasteiger charge is 2.23. The number of methoxy groups -OCH3 is 1. The molecule has 0 aliphatic carbocycles. The first-order chi connectivity index (χ1) is 12.7. The van der Waals surface area contributed by atoms with E-state index in [0.717, 1.165) is 25.1 Å². The van der Waals surface area contributed by atoms with E-state index in [1.54, 1.807) is 4.90 Å². The maximum Gasteiger partial charge on any atom is 0.253 e. The molecular formula is C20H29N3O3. The minimum absolute atomic E-state index is 0.00593. The Morgan fingerprint density at radius 2 is 1.96 bits per heavy atom. The van der Waals surface area contributed by atoms with E-state index in [0.29, 0.717) is 32.1 Å². The van der Waals surface area contributed by atoms with Crippen LogP contribution >= 0.6 is 0 Å². The van der Waals surface area contributed by atoms with Crippen LogP contribution in [0.2, 0.25) is 0 Å². The van der Waals surface area contributed by atoms with Crippen molar-refractivity contribution < 1.29 is 14.3 Å². The van der Waals surface area contributed by atoms with Gasteiger partial charge in [-0.2, -0.15) is 0 Å². The largest absolute Gasteiger partial charge is 0.375 e. The van der Waals surface area contributed by atoms with E-state index in [2.05, 4.69) is 17.4 Å². The molecule has 3 rings (SSSR count). The van der Waals surface area contributed by atoms with E-state index in [1.165, 1.54) is 25.5 Å². The van der Waals surface area contributed by atoms with Gasteiger partial charge in [0.05, 0.1) is 0 Å². The average Bonchev–Trinajstić information content (AvgIpc) is 2.95. The fourth-order valence-corrected chi connectivity index (χ4v) is 3.83. The van der Waals surface area contributed by atoms with Crippen molar-refractivity contribution in [2.24, 2.45) is 0 Å². The van der Waals surface area contributed by atoms with Crippen molar-refractivity contribution in [1.82, 2.24) is 15.1 Å². The second-order valence-electron chi connectivity index (χ2n) is 7.13. The maximum atomic E-state index is 13.0. The lowest BCUT2D eigenvalue weighted by atomic mass is 9.90. The Morgan fingerprint density at radius 1 is 1.15 bits per heavy atom. The lowest BCUT2D eigenvalue weighted by molar-refractivity contribution is -0.135. The SMILES string of the molecule is COCC(=O)N1CCCN(C(=O)c2cccc(C3CCCNC3)c2)CC1. The molecule has 0 aromatic heterocycles. The van der Waals surface area contributed by atoms with Crippen molar-refractivity contribution in [2.75, 3.05) is 53.0 Å². The monoisotopic (exact) mass is 359 g/mol. The van der Waals surface area contributed by atoms with Gasteiger partial charge in [-0.25, -0.2) is 0 Å². The van der Waals surface area contributed by atoms with Gasteiger partial charge in [-0.05, 0) is 49.4 Å². The van der Waals surface area contributed by atoms with Crippen molar-refractivity contribution in [3.05, 3.63) is 35.4 Å². The molecule has 1 unspecified atom stereocenters. The van der Waals surface area contributed by atoms with Crippen molar-refractivity contribution in [3.63, 3.8) is 0 Å². The normalized spacial score (nSPS) is 21.3. The van der Waals surface area contributed by atoms with Gasteiger partial charge in [-0.1, -0.05) is 12.1 Å². The number of ether oxygens (including phenoxy) is 1. The van der Waals surface area contributed by atoms with Crippen LogP contribution in [0.1, 0.15) is 41.1 Å². The standard InChI is InChI=1S/C20H29N3O3/c1-26-15-19(24)22-9-4-10-23(12-11-22)20(25)17-6-2-5-16(13-17)18-7-3-8-21-14-18/h2,5-6,13,18,21H,3-4,7-12,14-15H2,1H3. The van der Waals surface area contributed by atoms with Crippen LogP contribution in [0.3, 0.4) is 0 Å². The Kier molecular flexibility index (Phi) is 6.63. The summed E-state index contributed by atoms with van der Waals surface area (Å²) >= 11 is 0. The van der Waals surface area contributed by atoms with Crippen LogP contribution < -0.4 is 5.32 Å². The molecule has 2 saturated heterocycles. The molecule has 0 bridgehead atoms. The van der Waals surface area contributed by atoms with Crippen LogP contribution in [0.4, 0.5) is 0 Å². The molecule has 2 aliphatic rings. The zero-order valence-corrected chi connectivity index (χ0v) is 15.6. The summed E-state index contributed by atoms with van der Waals surface area (Å²) in [6.07, 6.45) is 3.15. The van der Waals surface area contributed by atoms with Crippen LogP contribution in [0.25, 0.3) is 0 Å². The number of benzene rings is 1. The zero-order valence-electron chi connectivity index (χ0n) is 15.6. The fraction of sp³-hybridized carbons (Fsp3) is 0.600. The minimum atomic E-state index is -0.00593. The van der Waals surface area contributed by atoms with E-state index in [4.69, 9.17) is 4.74 Å². The van der Waals surface area contributed by atoms with Gasteiger partial charge >= 0.3 is 0 Å². The lowest BCUT2D eigenvalue weighted by Crippen LogP contribution is -2.38. The third-order valence-corrected chi connectivity index (χ3v) is 5.31. The number of carbonyl (C=O) groups excluding carboxylic acids is 2. The number of rotatable bonds is 4. The van der Waals surface area contributed by atoms with E-state index in [-0.39, 0.29) is 18.4 Å². The van der Waals surface area contributed by atoms with Crippen LogP contribution in [0.5, 0.6) is 0 Å². The number of hydrogen-bond acceptors (Lipinski definition) is 4. The first-order valence-electron chi connectivity index (χ1n) is 9.55. The molecule has 142 valence electrons. The highest BCUT2D eigenvalue weighted by molar-refractivity contribution is 5.94. The van der Waals surface area contributed by atoms with Gasteiger partial charge in [0.15, 0.2) is 0 Å². The van der Waals surface area contributed by atoms with Gasteiger partial charge in [-0.15, -0.1) is 0 Å². The predicted molar refractivity (Wildman–Crippen MR) is 100 cm³/mol. The van der Waals surface area contributed by atoms with Crippen molar-refractivity contribution in [3.8, 4) is 0 Å². The van der Waals surface area contributed by atoms with Gasteiger partial charge in [-0.3, -0.25) is 9.59 Å². The summed E-state index contributed by atoms with van der Waals surface area (Å²) < 4.78 is 4.94. The molecule has 2 aliphatic heterocycles. The predicted octanol–water partition coefficient (Wildman–Crippen LogP) is 1.47. The molecule has 6 nitrogen and oxygen atoms in total. The molecule has 2 amide bonds. The number of amides is 2. The molecule has 6 heteroatoms. The summed E-state index contributed by atoms with van der Waals surface area (Å²) in [5, 5.41) is 3.44. The Bertz CT molecular complexity index is 628. The van der Waals surface area contributed by atoms with Crippen molar-refractivity contribution in [2.45, 2.75) is 25.2 Å². The average molecular weight is 359 g/mol. The molecule has 0 spiro atoms. The summed E-state index contributed by atoms with van der Waals surface area (Å²) in [4.78, 5) is 28.6. The Balaban J connectivity index is 1.64. The number of nitrogens with zero attached hydrogens (tertiary/aromatic N) is 2. The first kappa shape index (κ1) is 18.9. The van der Waals surface area contributed by atoms with E-state index < -0.39 is 0 Å². The van der Waals surface area contributed by atoms with E-state index in [1.807, 2.05) is 17.0 Å². The molecule has 0 saturated carbocycles. The van der Waals surface area contributed by atoms with Crippen LogP contribution in [0, 0.1) is 0 Å². The molecule has 26 heavy (non-hydrogen) atoms. The summed E-state index contributed by atoms with van der Waals surface area (Å²) in [5.74, 6) is 0.549. The Morgan fingerprint density at radius 3 is 2.73 bits per heavy atom. The molecule has 2 fully saturated rings. The Labute approximate surface area is 155 Å². The second-order valence-corrected chi connectivity index (χ2v) is 7.13. The highest BCUT2D eigenvalue weighted by Crippen LogP contribution is 2.24. The number of hydrogen-bond donors (Lipinski definition) is 1. The quantitative estimate of drug-likeness (QED) is 0.884. The van der Waals surface area contributed by atoms with Crippen LogP contribution in [-0.4, -0.2) is 74.6 Å². The number of piperidine rings is 1. The van der Waals surface area contributed by atoms with Crippen LogP contribution in [-0.2, 0) is 9.53 Å². The second kappa shape index (κ2) is 9.14. The van der Waals surface area contributed by atoms with E-state index in [9.17, 15) is 9.59 Å². The third kappa shape index (κ3) is 4.62. The number of nitrogens with one attached hydrogen (secondary N) is 1. The van der Waals surface area contributed by atoms with Gasteiger partial charge in [0, 0.05) is 45.4 Å². The highest BCUT2D eigenvalue weighted by atomic mass is 16.5. The molecule has 1 atom stereocenters. The summed E-state index contributed by atoms with van der Waals surface area (Å²) in [6, 6.07) is 8.07. The molecule has 2 heterocycles. The maximum absolute atomic E-state index is 13.0. The van der Waals surface area contributed by atoms with Crippen LogP contribution in [0.15, 0.2) is 24.3 Å². The Hall–Kier alpha value is -1.92. The van der Waals surface area contributed by atoms with E-state index >= 15 is 0 Å². The lowest BCUT2D eigenvalue weighted by Gasteiger charge is -2.25. The molecule has 1 aromatic rings. The van der Waals surface area contributed by atoms with Gasteiger partial charge < -0.3 is 19.9 Å². The summed E-state index contributed by atoms with van der Waals surface area (Å²) in [5.41, 5.74) is 2.00. The topological polar surface area (TPSA) is 61.9 Å². The summed E-state index contributed by atoms with van der Waals surface area (Å²) in [7, 11) is 1.53. The summed E-state index contributed by atoms with van der Waals surface area (Å²) in [6.45, 7) is 4.68. The smallest absolute Gasteiger partial charge is 0.253 e. The van der Waals surface area contributed by atoms with Gasteiger partial charge in [0.2, 0.25) is 5.91 Å². The van der Waals surface area contributed by atoms with Gasteiger partial charge in [0.25, 0.3) is 5.91 Å². The minimum Gasteiger partial charge on any atom is -0.375 e. The molecular weight excluding hydrogens is 330 g/mol. The zero-order chi connectivity index (χ0) is 18.4. The molecule has 0 radical (unpaired) electrons. The molecule has 1 N–H and O–H groups in total. The number of carbonyl (C=O) groups is 2. The van der Waals surface area contributed by atoms with Crippen molar-refractivity contribution in [1.29, 1.82) is 0 Å². The van der Waals surface area contributed by atoms with Gasteiger partial charge in [0.1, 0.15) is 6.61 Å². The third-order valence-electron chi connectivity index (χ3n) is 5.31. The van der Waals surface area contributed by atoms with Crippen molar-refractivity contribution >= 4 is 11.8 Å². The molecule has 1 aromatic carbocycles. The fourth-order valence-electron chi connectivity index (χ4n) is 3.83.